The number of halogens is 2. The number of carbonyl (C=O) groups excluding carboxylic acids is 1. The molecule has 3 heterocycles. The Labute approximate surface area is 223 Å². The molecule has 4 aromatic rings. The molecule has 0 unspecified atom stereocenters. The summed E-state index contributed by atoms with van der Waals surface area (Å²) in [5, 5.41) is 15.8. The summed E-state index contributed by atoms with van der Waals surface area (Å²) in [4.78, 5) is 24.2. The monoisotopic (exact) mass is 533 g/mol. The van der Waals surface area contributed by atoms with E-state index >= 15 is 0 Å². The van der Waals surface area contributed by atoms with Gasteiger partial charge in [-0.05, 0) is 42.9 Å². The highest BCUT2D eigenvalue weighted by molar-refractivity contribution is 6.36. The van der Waals surface area contributed by atoms with Crippen molar-refractivity contribution in [2.45, 2.75) is 6.54 Å². The molecule has 3 N–H and O–H groups in total. The molecule has 1 aliphatic heterocycles. The lowest BCUT2D eigenvalue weighted by Crippen LogP contribution is -2.43. The Bertz CT molecular complexity index is 1530. The van der Waals surface area contributed by atoms with Crippen LogP contribution >= 0.6 is 11.6 Å². The molecule has 0 aliphatic carbocycles. The van der Waals surface area contributed by atoms with Gasteiger partial charge in [-0.2, -0.15) is 5.26 Å². The van der Waals surface area contributed by atoms with Gasteiger partial charge in [0.15, 0.2) is 0 Å². The number of piperazine rings is 1. The number of urea groups is 1. The highest BCUT2D eigenvalue weighted by Crippen LogP contribution is 2.34. The van der Waals surface area contributed by atoms with E-state index < -0.39 is 11.8 Å². The number of nitrogens with one attached hydrogen (secondary N) is 3. The lowest BCUT2D eigenvalue weighted by Gasteiger charge is -2.32. The van der Waals surface area contributed by atoms with Gasteiger partial charge in [0.2, 0.25) is 0 Å². The number of pyridine rings is 1. The molecule has 1 fully saturated rings. The Morgan fingerprint density at radius 1 is 1.18 bits per heavy atom. The number of rotatable bonds is 6. The molecule has 0 saturated carbocycles. The number of hydrogen-bond acceptors (Lipinski definition) is 6. The fourth-order valence-corrected chi connectivity index (χ4v) is 4.53. The Kier molecular flexibility index (Phi) is 7.42. The predicted octanol–water partition coefficient (Wildman–Crippen LogP) is 5.41. The Balaban J connectivity index is 1.22. The van der Waals surface area contributed by atoms with E-state index in [-0.39, 0.29) is 11.4 Å². The van der Waals surface area contributed by atoms with Crippen molar-refractivity contribution >= 4 is 40.0 Å². The first-order chi connectivity index (χ1) is 18.4. The third-order valence-corrected chi connectivity index (χ3v) is 6.68. The number of hydrogen-bond donors (Lipinski definition) is 3. The van der Waals surface area contributed by atoms with Gasteiger partial charge >= 0.3 is 6.03 Å². The van der Waals surface area contributed by atoms with Gasteiger partial charge in [-0.3, -0.25) is 4.90 Å². The number of anilines is 2. The number of carbonyl (C=O) groups is 1. The number of nitriles is 1. The number of fused-ring (bicyclic) bond motifs is 1. The van der Waals surface area contributed by atoms with Crippen LogP contribution in [-0.2, 0) is 6.54 Å². The second-order valence-electron chi connectivity index (χ2n) is 9.06. The number of H-pyrrole nitrogens is 1. The second-order valence-corrected chi connectivity index (χ2v) is 9.46. The average Bonchev–Trinajstić information content (AvgIpc) is 3.29. The highest BCUT2D eigenvalue weighted by atomic mass is 35.5. The summed E-state index contributed by atoms with van der Waals surface area (Å²) < 4.78 is 20.6. The first-order valence-electron chi connectivity index (χ1n) is 12.0. The van der Waals surface area contributed by atoms with Crippen LogP contribution in [0.3, 0.4) is 0 Å². The van der Waals surface area contributed by atoms with Crippen LogP contribution in [0.25, 0.3) is 11.0 Å². The topological polar surface area (TPSA) is 109 Å². The fourth-order valence-electron chi connectivity index (χ4n) is 4.29. The van der Waals surface area contributed by atoms with E-state index in [0.717, 1.165) is 31.7 Å². The molecule has 2 aromatic heterocycles. The van der Waals surface area contributed by atoms with Crippen LogP contribution in [0.15, 0.2) is 54.9 Å². The maximum absolute atomic E-state index is 14.8. The van der Waals surface area contributed by atoms with Crippen molar-refractivity contribution in [2.75, 3.05) is 43.9 Å². The molecular weight excluding hydrogens is 509 g/mol. The van der Waals surface area contributed by atoms with Crippen molar-refractivity contribution in [2.24, 2.45) is 0 Å². The van der Waals surface area contributed by atoms with E-state index in [9.17, 15) is 14.4 Å². The van der Waals surface area contributed by atoms with E-state index in [2.05, 4.69) is 43.5 Å². The Morgan fingerprint density at radius 2 is 2.00 bits per heavy atom. The number of aromatic nitrogens is 2. The van der Waals surface area contributed by atoms with E-state index in [1.165, 1.54) is 18.2 Å². The Hall–Kier alpha value is -4.17. The van der Waals surface area contributed by atoms with Crippen LogP contribution < -0.4 is 15.4 Å². The summed E-state index contributed by atoms with van der Waals surface area (Å²) in [5.74, 6) is -0.0281. The van der Waals surface area contributed by atoms with Crippen LogP contribution in [0.2, 0.25) is 5.02 Å². The molecule has 11 heteroatoms. The zero-order valence-electron chi connectivity index (χ0n) is 20.6. The highest BCUT2D eigenvalue weighted by Gasteiger charge is 2.17. The van der Waals surface area contributed by atoms with Crippen LogP contribution in [0.5, 0.6) is 11.5 Å². The third kappa shape index (κ3) is 5.70. The molecule has 0 radical (unpaired) electrons. The van der Waals surface area contributed by atoms with Crippen molar-refractivity contribution in [1.29, 1.82) is 5.26 Å². The van der Waals surface area contributed by atoms with E-state index in [1.54, 1.807) is 30.6 Å². The quantitative estimate of drug-likeness (QED) is 0.306. The average molecular weight is 534 g/mol. The lowest BCUT2D eigenvalue weighted by molar-refractivity contribution is 0.148. The molecule has 9 nitrogen and oxygen atoms in total. The molecule has 0 atom stereocenters. The van der Waals surface area contributed by atoms with Gasteiger partial charge < -0.3 is 25.3 Å². The zero-order chi connectivity index (χ0) is 26.6. The maximum atomic E-state index is 14.8. The first kappa shape index (κ1) is 25.5. The minimum atomic E-state index is -0.677. The van der Waals surface area contributed by atoms with Crippen LogP contribution in [-0.4, -0.2) is 59.0 Å². The fraction of sp³-hybridized carbons (Fsp3) is 0.222. The maximum Gasteiger partial charge on any atom is 0.323 e. The normalized spacial score (nSPS) is 14.3. The number of benzene rings is 2. The van der Waals surface area contributed by atoms with E-state index in [1.807, 2.05) is 6.07 Å². The van der Waals surface area contributed by atoms with Gasteiger partial charge in [-0.25, -0.2) is 14.2 Å². The van der Waals surface area contributed by atoms with Crippen LogP contribution in [0, 0.1) is 17.1 Å². The molecule has 2 amide bonds. The van der Waals surface area contributed by atoms with E-state index in [4.69, 9.17) is 16.3 Å². The standard InChI is InChI=1S/C27H25ClFN7O2/c1-35-8-10-36(11-9-35)16-17-2-3-19(12-18(17)14-30)33-27(37)34-23-5-4-20(13-22(23)29)38-24-6-7-31-26-25(24)21(28)15-32-26/h2-7,12-13,15H,8-11,16H2,1H3,(H,31,32)(H2,33,34,37). The van der Waals surface area contributed by atoms with Gasteiger partial charge in [-0.15, -0.1) is 0 Å². The number of amides is 2. The minimum absolute atomic E-state index is 0.0263. The molecule has 38 heavy (non-hydrogen) atoms. The zero-order valence-corrected chi connectivity index (χ0v) is 21.3. The summed E-state index contributed by atoms with van der Waals surface area (Å²) in [5.41, 5.74) is 2.35. The molecular formula is C27H25ClFN7O2. The lowest BCUT2D eigenvalue weighted by atomic mass is 10.1. The predicted molar refractivity (Wildman–Crippen MR) is 144 cm³/mol. The molecule has 0 bridgehead atoms. The molecule has 0 spiro atoms. The smallest absolute Gasteiger partial charge is 0.323 e. The summed E-state index contributed by atoms with van der Waals surface area (Å²) in [7, 11) is 2.09. The van der Waals surface area contributed by atoms with Gasteiger partial charge in [0.05, 0.1) is 27.7 Å². The summed E-state index contributed by atoms with van der Waals surface area (Å²) >= 11 is 6.20. The first-order valence-corrected chi connectivity index (χ1v) is 12.4. The molecule has 1 saturated heterocycles. The van der Waals surface area contributed by atoms with Gasteiger partial charge in [0, 0.05) is 56.9 Å². The van der Waals surface area contributed by atoms with Crippen molar-refractivity contribution in [3.8, 4) is 17.6 Å². The van der Waals surface area contributed by atoms with Crippen molar-refractivity contribution in [3.63, 3.8) is 0 Å². The van der Waals surface area contributed by atoms with E-state index in [0.29, 0.717) is 39.6 Å². The van der Waals surface area contributed by atoms with Crippen molar-refractivity contribution < 1.29 is 13.9 Å². The largest absolute Gasteiger partial charge is 0.456 e. The van der Waals surface area contributed by atoms with Gasteiger partial charge in [0.25, 0.3) is 0 Å². The van der Waals surface area contributed by atoms with Crippen LogP contribution in [0.4, 0.5) is 20.6 Å². The Morgan fingerprint density at radius 3 is 2.76 bits per heavy atom. The summed E-state index contributed by atoms with van der Waals surface area (Å²) in [6.45, 7) is 4.52. The third-order valence-electron chi connectivity index (χ3n) is 6.38. The van der Waals surface area contributed by atoms with Gasteiger partial charge in [-0.1, -0.05) is 17.7 Å². The summed E-state index contributed by atoms with van der Waals surface area (Å²) in [6, 6.07) is 12.5. The number of aromatic amines is 1. The number of nitrogens with zero attached hydrogens (tertiary/aromatic N) is 4. The molecule has 5 rings (SSSR count). The second kappa shape index (κ2) is 11.1. The molecule has 194 valence electrons. The van der Waals surface area contributed by atoms with Crippen molar-refractivity contribution in [1.82, 2.24) is 19.8 Å². The minimum Gasteiger partial charge on any atom is -0.456 e. The van der Waals surface area contributed by atoms with Crippen LogP contribution in [0.1, 0.15) is 11.1 Å². The van der Waals surface area contributed by atoms with Crippen molar-refractivity contribution in [3.05, 3.63) is 76.8 Å². The SMILES string of the molecule is CN1CCN(Cc2ccc(NC(=O)Nc3ccc(Oc4ccnc5[nH]cc(Cl)c45)cc3F)cc2C#N)CC1. The summed E-state index contributed by atoms with van der Waals surface area (Å²) in [6.07, 6.45) is 3.15. The number of likely N-dealkylation sites (N-methyl/N-ethyl adjacent to an activating group) is 1. The molecule has 2 aromatic carbocycles. The molecule has 1 aliphatic rings. The number of ether oxygens (including phenoxy) is 1. The van der Waals surface area contributed by atoms with Gasteiger partial charge in [0.1, 0.15) is 23.0 Å².